The Balaban J connectivity index is 1.49. The molecule has 1 fully saturated rings. The van der Waals surface area contributed by atoms with Crippen molar-refractivity contribution in [3.05, 3.63) is 58.5 Å². The van der Waals surface area contributed by atoms with Crippen LogP contribution in [0.3, 0.4) is 0 Å². The lowest BCUT2D eigenvalue weighted by Crippen LogP contribution is -2.38. The number of imidazole rings is 1. The van der Waals surface area contributed by atoms with Gasteiger partial charge in [-0.05, 0) is 56.5 Å². The first-order valence-electron chi connectivity index (χ1n) is 9.56. The molecule has 4 nitrogen and oxygen atoms in total. The van der Waals surface area contributed by atoms with Crippen molar-refractivity contribution in [1.29, 1.82) is 0 Å². The molecule has 0 radical (unpaired) electrons. The number of hydrogen-bond acceptors (Lipinski definition) is 3. The molecule has 1 aromatic carbocycles. The van der Waals surface area contributed by atoms with Gasteiger partial charge in [0.05, 0.1) is 10.6 Å². The van der Waals surface area contributed by atoms with E-state index in [9.17, 15) is 4.39 Å². The third-order valence-electron chi connectivity index (χ3n) is 5.19. The van der Waals surface area contributed by atoms with E-state index in [0.717, 1.165) is 12.0 Å². The molecule has 144 valence electrons. The van der Waals surface area contributed by atoms with Gasteiger partial charge in [0.2, 0.25) is 0 Å². The highest BCUT2D eigenvalue weighted by atomic mass is 35.5. The normalized spacial score (nSPS) is 19.8. The van der Waals surface area contributed by atoms with Crippen LogP contribution in [0.5, 0.6) is 0 Å². The molecule has 0 spiro atoms. The highest BCUT2D eigenvalue weighted by molar-refractivity contribution is 6.33. The number of aromatic nitrogens is 2. The molecular weight excluding hydrogens is 375 g/mol. The molecule has 28 heavy (non-hydrogen) atoms. The van der Waals surface area contributed by atoms with Crippen molar-refractivity contribution >= 4 is 17.4 Å². The lowest BCUT2D eigenvalue weighted by atomic mass is 9.99. The molecule has 0 saturated carbocycles. The first-order chi connectivity index (χ1) is 13.6. The first kappa shape index (κ1) is 18.8. The van der Waals surface area contributed by atoms with E-state index in [2.05, 4.69) is 44.9 Å². The van der Waals surface area contributed by atoms with Crippen molar-refractivity contribution in [2.45, 2.75) is 31.7 Å². The molecule has 1 saturated heterocycles. The number of halogens is 2. The molecule has 2 aliphatic rings. The van der Waals surface area contributed by atoms with Gasteiger partial charge in [0, 0.05) is 11.6 Å². The number of nitrogens with two attached hydrogens (primary N) is 1. The fourth-order valence-electron chi connectivity index (χ4n) is 3.68. The third-order valence-corrected chi connectivity index (χ3v) is 5.51. The number of piperidine rings is 1. The number of allylic oxidation sites excluding steroid dienone is 2. The Morgan fingerprint density at radius 3 is 2.75 bits per heavy atom. The molecule has 0 amide bonds. The fourth-order valence-corrected chi connectivity index (χ4v) is 3.93. The Bertz CT molecular complexity index is 969. The molecular formula is C22H22ClFN4. The van der Waals surface area contributed by atoms with Gasteiger partial charge in [-0.25, -0.2) is 9.37 Å². The minimum absolute atomic E-state index is 0.199. The second-order valence-corrected chi connectivity index (χ2v) is 7.52. The summed E-state index contributed by atoms with van der Waals surface area (Å²) in [5.41, 5.74) is 7.52. The van der Waals surface area contributed by atoms with Crippen molar-refractivity contribution in [1.82, 2.24) is 14.9 Å². The van der Waals surface area contributed by atoms with E-state index in [1.54, 1.807) is 12.1 Å². The van der Waals surface area contributed by atoms with Gasteiger partial charge in [-0.3, -0.25) is 4.90 Å². The number of likely N-dealkylation sites (tertiary alicyclic amines) is 1. The summed E-state index contributed by atoms with van der Waals surface area (Å²) in [6.45, 7) is 2.35. The molecule has 3 N–H and O–H groups in total. The van der Waals surface area contributed by atoms with Gasteiger partial charge >= 0.3 is 0 Å². The highest BCUT2D eigenvalue weighted by Crippen LogP contribution is 2.29. The molecule has 2 aromatic rings. The van der Waals surface area contributed by atoms with Crippen molar-refractivity contribution in [3.8, 4) is 23.2 Å². The van der Waals surface area contributed by atoms with Gasteiger partial charge < -0.3 is 10.7 Å². The standard InChI is InChI=1S/C22H22ClFN4/c23-17-5-4-6-18(24)20(17)22-26-19(21(25)27-22)12-9-15-7-10-16(11-8-15)28-13-2-1-3-14-28/h4-8,10,16H,1-3,11,13-14,25H2,(H,26,27). The predicted molar refractivity (Wildman–Crippen MR) is 111 cm³/mol. The van der Waals surface area contributed by atoms with Crippen LogP contribution in [0, 0.1) is 17.7 Å². The number of nitrogens with one attached hydrogen (secondary N) is 1. The zero-order valence-corrected chi connectivity index (χ0v) is 16.3. The molecule has 1 aromatic heterocycles. The van der Waals surface area contributed by atoms with E-state index in [1.807, 2.05) is 0 Å². The molecule has 1 aliphatic heterocycles. The quantitative estimate of drug-likeness (QED) is 0.732. The van der Waals surface area contributed by atoms with Gasteiger partial charge in [0.15, 0.2) is 5.69 Å². The third kappa shape index (κ3) is 3.99. The number of anilines is 1. The zero-order chi connectivity index (χ0) is 19.5. The Labute approximate surface area is 169 Å². The van der Waals surface area contributed by atoms with Gasteiger partial charge in [-0.2, -0.15) is 0 Å². The molecule has 1 unspecified atom stereocenters. The van der Waals surface area contributed by atoms with Crippen LogP contribution < -0.4 is 5.73 Å². The first-order valence-corrected chi connectivity index (χ1v) is 9.94. The topological polar surface area (TPSA) is 57.9 Å². The molecule has 0 bridgehead atoms. The van der Waals surface area contributed by atoms with E-state index in [0.29, 0.717) is 17.6 Å². The highest BCUT2D eigenvalue weighted by Gasteiger charge is 2.19. The zero-order valence-electron chi connectivity index (χ0n) is 15.5. The van der Waals surface area contributed by atoms with Crippen LogP contribution in [-0.2, 0) is 0 Å². The number of nitrogens with zero attached hydrogens (tertiary/aromatic N) is 2. The molecule has 6 heteroatoms. The van der Waals surface area contributed by atoms with Crippen LogP contribution in [0.1, 0.15) is 31.4 Å². The second kappa shape index (κ2) is 8.22. The van der Waals surface area contributed by atoms with Crippen molar-refractivity contribution < 1.29 is 4.39 Å². The Morgan fingerprint density at radius 1 is 1.21 bits per heavy atom. The Morgan fingerprint density at radius 2 is 2.04 bits per heavy atom. The van der Waals surface area contributed by atoms with E-state index in [4.69, 9.17) is 17.3 Å². The summed E-state index contributed by atoms with van der Waals surface area (Å²) in [4.78, 5) is 9.75. The van der Waals surface area contributed by atoms with Crippen LogP contribution in [0.2, 0.25) is 5.02 Å². The summed E-state index contributed by atoms with van der Waals surface area (Å²) < 4.78 is 14.1. The van der Waals surface area contributed by atoms with Crippen molar-refractivity contribution in [2.75, 3.05) is 18.8 Å². The number of H-pyrrole nitrogens is 1. The minimum atomic E-state index is -0.456. The summed E-state index contributed by atoms with van der Waals surface area (Å²) >= 11 is 6.10. The van der Waals surface area contributed by atoms with Crippen LogP contribution >= 0.6 is 11.6 Å². The van der Waals surface area contributed by atoms with Gasteiger partial charge in [0.1, 0.15) is 17.5 Å². The van der Waals surface area contributed by atoms with Crippen molar-refractivity contribution in [2.24, 2.45) is 0 Å². The average molecular weight is 397 g/mol. The van der Waals surface area contributed by atoms with Gasteiger partial charge in [-0.15, -0.1) is 0 Å². The summed E-state index contributed by atoms with van der Waals surface area (Å²) in [6, 6.07) is 4.96. The number of rotatable bonds is 2. The Kier molecular flexibility index (Phi) is 5.52. The largest absolute Gasteiger partial charge is 0.383 e. The molecule has 1 atom stereocenters. The van der Waals surface area contributed by atoms with Crippen LogP contribution in [0.4, 0.5) is 10.2 Å². The van der Waals surface area contributed by atoms with E-state index in [1.165, 1.54) is 38.4 Å². The maximum Gasteiger partial charge on any atom is 0.156 e. The maximum absolute atomic E-state index is 14.1. The smallest absolute Gasteiger partial charge is 0.156 e. The summed E-state index contributed by atoms with van der Waals surface area (Å²) in [6.07, 6.45) is 11.3. The molecule has 4 rings (SSSR count). The number of aromatic amines is 1. The number of hydrogen-bond donors (Lipinski definition) is 2. The van der Waals surface area contributed by atoms with E-state index < -0.39 is 5.82 Å². The minimum Gasteiger partial charge on any atom is -0.383 e. The van der Waals surface area contributed by atoms with Crippen LogP contribution in [0.15, 0.2) is 42.0 Å². The maximum atomic E-state index is 14.1. The summed E-state index contributed by atoms with van der Waals surface area (Å²) in [5, 5.41) is 0.273. The van der Waals surface area contributed by atoms with Crippen LogP contribution in [0.25, 0.3) is 11.4 Å². The van der Waals surface area contributed by atoms with Gasteiger partial charge in [-0.1, -0.05) is 42.2 Å². The van der Waals surface area contributed by atoms with Crippen molar-refractivity contribution in [3.63, 3.8) is 0 Å². The van der Waals surface area contributed by atoms with E-state index in [-0.39, 0.29) is 16.4 Å². The molecule has 1 aliphatic carbocycles. The summed E-state index contributed by atoms with van der Waals surface area (Å²) in [5.74, 6) is 6.23. The summed E-state index contributed by atoms with van der Waals surface area (Å²) in [7, 11) is 0. The van der Waals surface area contributed by atoms with Gasteiger partial charge in [0.25, 0.3) is 0 Å². The average Bonchev–Trinajstić information content (AvgIpc) is 3.07. The lowest BCUT2D eigenvalue weighted by Gasteiger charge is -2.33. The fraction of sp³-hybridized carbons (Fsp3) is 0.318. The second-order valence-electron chi connectivity index (χ2n) is 7.11. The monoisotopic (exact) mass is 396 g/mol. The Hall–Kier alpha value is -2.55. The SMILES string of the molecule is Nc1[nH]c(-c2c(F)cccc2Cl)nc1C#CC1=CCC(N2CCCCC2)C=C1. The number of benzene rings is 1. The molecule has 2 heterocycles. The van der Waals surface area contributed by atoms with Crippen LogP contribution in [-0.4, -0.2) is 34.0 Å². The van der Waals surface area contributed by atoms with E-state index >= 15 is 0 Å². The lowest BCUT2D eigenvalue weighted by molar-refractivity contribution is 0.191. The number of nitrogen functional groups attached to an aromatic ring is 1. The predicted octanol–water partition coefficient (Wildman–Crippen LogP) is 4.54.